The monoisotopic (exact) mass is 1320 g/mol. The maximum atomic E-state index is 2.48. The molecule has 21 rings (SSSR count). The highest BCUT2D eigenvalue weighted by Gasteiger charge is 2.23. The van der Waals surface area contributed by atoms with Crippen LogP contribution >= 0.6 is 0 Å². The number of hydrogen-bond acceptors (Lipinski definition) is 0. The molecule has 0 spiro atoms. The minimum atomic E-state index is 1.15. The van der Waals surface area contributed by atoms with Gasteiger partial charge in [0.25, 0.3) is 0 Å². The van der Waals surface area contributed by atoms with Crippen LogP contribution in [0.15, 0.2) is 400 Å². The fourth-order valence-corrected chi connectivity index (χ4v) is 16.5. The number of aromatic nitrogens is 4. The molecule has 0 saturated heterocycles. The lowest BCUT2D eigenvalue weighted by Crippen LogP contribution is -1.97. The minimum absolute atomic E-state index is 1.15. The largest absolute Gasteiger partial charge is 0.309 e. The van der Waals surface area contributed by atoms with Crippen LogP contribution in [-0.2, 0) is 0 Å². The SMILES string of the molecule is c1ccc(-c2cc(-c3ccccc3)cc(-n3c4ccccc4c4cc(-c5cccc6c7ccccc7n(-c7cccc8ccccc78)c56)ccc43)c2)cc1.c1ccc(-c2cc(-c3ccccc3)cc(-n3c4ccccc4c4cc(-c5cccc6c7ccccc7n(-c7ccccc7)c56)ccc43)c2)cc1. The molecule has 0 fully saturated rings. The van der Waals surface area contributed by atoms with Gasteiger partial charge >= 0.3 is 0 Å². The molecule has 0 aliphatic rings. The van der Waals surface area contributed by atoms with Crippen LogP contribution in [0.3, 0.4) is 0 Å². The van der Waals surface area contributed by atoms with Crippen molar-refractivity contribution in [3.8, 4) is 89.5 Å². The molecule has 104 heavy (non-hydrogen) atoms. The molecule has 0 aliphatic carbocycles. The van der Waals surface area contributed by atoms with E-state index < -0.39 is 0 Å². The molecule has 17 aromatic carbocycles. The third kappa shape index (κ3) is 10.1. The van der Waals surface area contributed by atoms with Crippen molar-refractivity contribution in [2.24, 2.45) is 0 Å². The number of para-hydroxylation sites is 7. The third-order valence-corrected chi connectivity index (χ3v) is 21.2. The number of rotatable bonds is 10. The summed E-state index contributed by atoms with van der Waals surface area (Å²) in [6, 6.07) is 146. The topological polar surface area (TPSA) is 19.7 Å². The Morgan fingerprint density at radius 3 is 0.885 bits per heavy atom. The third-order valence-electron chi connectivity index (χ3n) is 21.2. The molecule has 21 aromatic rings. The van der Waals surface area contributed by atoms with Gasteiger partial charge in [0.1, 0.15) is 0 Å². The van der Waals surface area contributed by atoms with Gasteiger partial charge < -0.3 is 18.3 Å². The highest BCUT2D eigenvalue weighted by Crippen LogP contribution is 2.46. The normalized spacial score (nSPS) is 11.7. The Kier molecular flexibility index (Phi) is 14.5. The van der Waals surface area contributed by atoms with Crippen molar-refractivity contribution in [2.45, 2.75) is 0 Å². The molecular formula is C100H66N4. The fourth-order valence-electron chi connectivity index (χ4n) is 16.5. The van der Waals surface area contributed by atoms with E-state index in [1.54, 1.807) is 0 Å². The van der Waals surface area contributed by atoms with E-state index >= 15 is 0 Å². The zero-order valence-electron chi connectivity index (χ0n) is 56.9. The van der Waals surface area contributed by atoms with Crippen LogP contribution in [0, 0.1) is 0 Å². The van der Waals surface area contributed by atoms with Gasteiger partial charge in [-0.2, -0.15) is 0 Å². The van der Waals surface area contributed by atoms with Crippen LogP contribution in [0.1, 0.15) is 0 Å². The maximum Gasteiger partial charge on any atom is 0.0619 e. The van der Waals surface area contributed by atoms with Crippen LogP contribution in [0.4, 0.5) is 0 Å². The molecule has 0 bridgehead atoms. The Bertz CT molecular complexity index is 6760. The second-order valence-electron chi connectivity index (χ2n) is 27.1. The minimum Gasteiger partial charge on any atom is -0.309 e. The van der Waals surface area contributed by atoms with Crippen molar-refractivity contribution in [2.75, 3.05) is 0 Å². The van der Waals surface area contributed by atoms with Gasteiger partial charge in [0.2, 0.25) is 0 Å². The molecule has 4 aromatic heterocycles. The summed E-state index contributed by atoms with van der Waals surface area (Å²) in [5.74, 6) is 0. The molecule has 0 N–H and O–H groups in total. The Hall–Kier alpha value is -13.8. The molecular weight excluding hydrogens is 1260 g/mol. The molecule has 0 amide bonds. The van der Waals surface area contributed by atoms with Gasteiger partial charge in [-0.1, -0.05) is 297 Å². The molecule has 0 saturated carbocycles. The average Bonchev–Trinajstić information content (AvgIpc) is 1.58. The van der Waals surface area contributed by atoms with Gasteiger partial charge in [-0.05, 0) is 164 Å². The van der Waals surface area contributed by atoms with Crippen molar-refractivity contribution >= 4 is 98.0 Å². The quantitative estimate of drug-likeness (QED) is 0.130. The van der Waals surface area contributed by atoms with E-state index in [0.717, 1.165) is 17.1 Å². The predicted octanol–water partition coefficient (Wildman–Crippen LogP) is 26.9. The van der Waals surface area contributed by atoms with Gasteiger partial charge in [-0.25, -0.2) is 0 Å². The summed E-state index contributed by atoms with van der Waals surface area (Å²) < 4.78 is 9.79. The number of hydrogen-bond donors (Lipinski definition) is 0. The number of benzene rings is 17. The molecule has 0 atom stereocenters. The van der Waals surface area contributed by atoms with Gasteiger partial charge in [-0.3, -0.25) is 0 Å². The Morgan fingerprint density at radius 1 is 0.144 bits per heavy atom. The second kappa shape index (κ2) is 25.1. The van der Waals surface area contributed by atoms with Crippen molar-refractivity contribution < 1.29 is 0 Å². The maximum absolute atomic E-state index is 2.48. The summed E-state index contributed by atoms with van der Waals surface area (Å²) >= 11 is 0. The second-order valence-corrected chi connectivity index (χ2v) is 27.1. The molecule has 4 nitrogen and oxygen atoms in total. The number of fused-ring (bicyclic) bond motifs is 13. The zero-order valence-corrected chi connectivity index (χ0v) is 56.9. The Balaban J connectivity index is 0.000000139. The van der Waals surface area contributed by atoms with Gasteiger partial charge in [0, 0.05) is 76.7 Å². The predicted molar refractivity (Wildman–Crippen MR) is 440 cm³/mol. The lowest BCUT2D eigenvalue weighted by Gasteiger charge is -2.15. The van der Waals surface area contributed by atoms with E-state index in [-0.39, 0.29) is 0 Å². The molecule has 486 valence electrons. The fraction of sp³-hybridized carbons (Fsp3) is 0. The Morgan fingerprint density at radius 2 is 0.452 bits per heavy atom. The first kappa shape index (κ1) is 60.2. The summed E-state index contributed by atoms with van der Waals surface area (Å²) in [6.07, 6.45) is 0. The molecule has 0 aliphatic heterocycles. The van der Waals surface area contributed by atoms with Crippen molar-refractivity contribution in [3.05, 3.63) is 400 Å². The Labute approximate surface area is 602 Å². The lowest BCUT2D eigenvalue weighted by molar-refractivity contribution is 1.18. The van der Waals surface area contributed by atoms with Gasteiger partial charge in [-0.15, -0.1) is 0 Å². The van der Waals surface area contributed by atoms with Crippen LogP contribution in [0.2, 0.25) is 0 Å². The van der Waals surface area contributed by atoms with E-state index in [4.69, 9.17) is 0 Å². The van der Waals surface area contributed by atoms with E-state index in [1.807, 2.05) is 0 Å². The molecule has 0 radical (unpaired) electrons. The van der Waals surface area contributed by atoms with Crippen molar-refractivity contribution in [1.82, 2.24) is 18.3 Å². The van der Waals surface area contributed by atoms with E-state index in [9.17, 15) is 0 Å². The highest BCUT2D eigenvalue weighted by molar-refractivity contribution is 6.18. The summed E-state index contributed by atoms with van der Waals surface area (Å²) in [5, 5.41) is 12.5. The molecule has 4 heteroatoms. The first-order valence-corrected chi connectivity index (χ1v) is 35.8. The van der Waals surface area contributed by atoms with Crippen molar-refractivity contribution in [3.63, 3.8) is 0 Å². The average molecular weight is 1320 g/mol. The molecule has 4 heterocycles. The van der Waals surface area contributed by atoms with Crippen LogP contribution < -0.4 is 0 Å². The summed E-state index contributed by atoms with van der Waals surface area (Å²) in [4.78, 5) is 0. The van der Waals surface area contributed by atoms with Crippen LogP contribution in [-0.4, -0.2) is 18.3 Å². The lowest BCUT2D eigenvalue weighted by atomic mass is 9.98. The molecule has 0 unspecified atom stereocenters. The smallest absolute Gasteiger partial charge is 0.0619 e. The van der Waals surface area contributed by atoms with Crippen LogP contribution in [0.5, 0.6) is 0 Å². The van der Waals surface area contributed by atoms with E-state index in [2.05, 4.69) is 419 Å². The highest BCUT2D eigenvalue weighted by atomic mass is 15.0. The van der Waals surface area contributed by atoms with Gasteiger partial charge in [0.05, 0.1) is 49.8 Å². The van der Waals surface area contributed by atoms with Gasteiger partial charge in [0.15, 0.2) is 0 Å². The number of nitrogens with zero attached hydrogens (tertiary/aromatic N) is 4. The van der Waals surface area contributed by atoms with E-state index in [1.165, 1.54) is 170 Å². The zero-order chi connectivity index (χ0) is 68.6. The van der Waals surface area contributed by atoms with E-state index in [0.29, 0.717) is 0 Å². The summed E-state index contributed by atoms with van der Waals surface area (Å²) in [5.41, 5.74) is 28.7. The van der Waals surface area contributed by atoms with Crippen molar-refractivity contribution in [1.29, 1.82) is 0 Å². The van der Waals surface area contributed by atoms with Crippen LogP contribution in [0.25, 0.3) is 188 Å². The standard InChI is InChI=1S/C52H34N2.C48H32N2/c1-3-15-35(16-4-1)39-31-40(36-17-5-2-6-18-36)33-41(32-39)53-49-26-11-10-23-45(49)47-34-38(29-30-51(47)53)43-24-14-25-46-44-22-9-12-27-50(44)54(52(43)46)48-28-13-20-37-19-7-8-21-42(37)48;1-4-15-33(16-5-1)36-29-37(34-17-6-2-7-18-34)31-39(30-36)49-45-25-12-11-22-42(45)44-32-35(27-28-47(44)49)40-23-14-24-43-41-21-10-13-26-46(41)50(48(40)43)38-19-8-3-9-20-38/h1-34H;1-32H. The summed E-state index contributed by atoms with van der Waals surface area (Å²) in [6.45, 7) is 0. The first-order chi connectivity index (χ1) is 51.6. The summed E-state index contributed by atoms with van der Waals surface area (Å²) in [7, 11) is 0. The first-order valence-electron chi connectivity index (χ1n) is 35.8.